The molecule has 4 heteroatoms. The molecular formula is C11H14N2O2. The Hall–Kier alpha value is -1.58. The van der Waals surface area contributed by atoms with E-state index in [1.807, 2.05) is 0 Å². The van der Waals surface area contributed by atoms with Crippen molar-refractivity contribution in [2.24, 2.45) is 0 Å². The summed E-state index contributed by atoms with van der Waals surface area (Å²) in [5.74, 6) is -0.0785. The zero-order valence-corrected chi connectivity index (χ0v) is 8.69. The molecular weight excluding hydrogens is 192 g/mol. The van der Waals surface area contributed by atoms with Crippen molar-refractivity contribution in [1.82, 2.24) is 9.88 Å². The van der Waals surface area contributed by atoms with E-state index in [9.17, 15) is 9.59 Å². The lowest BCUT2D eigenvalue weighted by atomic mass is 10.3. The van der Waals surface area contributed by atoms with E-state index in [0.29, 0.717) is 11.6 Å². The molecule has 1 aliphatic carbocycles. The lowest BCUT2D eigenvalue weighted by molar-refractivity contribution is -0.121. The second-order valence-electron chi connectivity index (χ2n) is 3.97. The van der Waals surface area contributed by atoms with Gasteiger partial charge in [-0.2, -0.15) is 0 Å². The second-order valence-corrected chi connectivity index (χ2v) is 3.97. The average Bonchev–Trinajstić information content (AvgIpc) is 2.97. The third-order valence-electron chi connectivity index (χ3n) is 2.47. The van der Waals surface area contributed by atoms with Crippen LogP contribution in [0.15, 0.2) is 23.1 Å². The van der Waals surface area contributed by atoms with Gasteiger partial charge >= 0.3 is 0 Å². The van der Waals surface area contributed by atoms with E-state index >= 15 is 0 Å². The van der Waals surface area contributed by atoms with Gasteiger partial charge in [0.05, 0.1) is 0 Å². The summed E-state index contributed by atoms with van der Waals surface area (Å²) < 4.78 is 1.44. The van der Waals surface area contributed by atoms with Crippen LogP contribution in [0.3, 0.4) is 0 Å². The Morgan fingerprint density at radius 2 is 2.33 bits per heavy atom. The zero-order chi connectivity index (χ0) is 10.8. The van der Waals surface area contributed by atoms with Crippen LogP contribution in [0.4, 0.5) is 0 Å². The number of nitrogens with zero attached hydrogens (tertiary/aromatic N) is 1. The molecule has 0 unspecified atom stereocenters. The predicted molar refractivity (Wildman–Crippen MR) is 56.6 cm³/mol. The van der Waals surface area contributed by atoms with Crippen molar-refractivity contribution >= 4 is 5.91 Å². The van der Waals surface area contributed by atoms with Gasteiger partial charge in [-0.25, -0.2) is 0 Å². The summed E-state index contributed by atoms with van der Waals surface area (Å²) in [4.78, 5) is 23.0. The summed E-state index contributed by atoms with van der Waals surface area (Å²) in [6.07, 6.45) is 3.77. The van der Waals surface area contributed by atoms with Gasteiger partial charge in [-0.05, 0) is 25.8 Å². The quantitative estimate of drug-likeness (QED) is 0.780. The highest BCUT2D eigenvalue weighted by Crippen LogP contribution is 2.18. The molecule has 0 spiro atoms. The summed E-state index contributed by atoms with van der Waals surface area (Å²) in [5.41, 5.74) is 0.570. The largest absolute Gasteiger partial charge is 0.352 e. The van der Waals surface area contributed by atoms with Crippen molar-refractivity contribution in [2.75, 3.05) is 0 Å². The van der Waals surface area contributed by atoms with Crippen LogP contribution in [0.2, 0.25) is 0 Å². The molecule has 1 aliphatic rings. The van der Waals surface area contributed by atoms with Gasteiger partial charge in [-0.1, -0.05) is 6.07 Å². The molecule has 1 aromatic rings. The highest BCUT2D eigenvalue weighted by Gasteiger charge is 2.23. The molecule has 1 aromatic heterocycles. The van der Waals surface area contributed by atoms with Gasteiger partial charge in [-0.3, -0.25) is 9.59 Å². The lowest BCUT2D eigenvalue weighted by Gasteiger charge is -2.06. The number of carbonyl (C=O) groups is 1. The number of aromatic nitrogens is 1. The van der Waals surface area contributed by atoms with E-state index in [0.717, 1.165) is 12.8 Å². The monoisotopic (exact) mass is 206 g/mol. The van der Waals surface area contributed by atoms with Gasteiger partial charge in [0.25, 0.3) is 5.56 Å². The van der Waals surface area contributed by atoms with Gasteiger partial charge in [0.1, 0.15) is 6.54 Å². The topological polar surface area (TPSA) is 51.1 Å². The molecule has 1 amide bonds. The first kappa shape index (κ1) is 9.96. The van der Waals surface area contributed by atoms with E-state index < -0.39 is 0 Å². The molecule has 0 saturated heterocycles. The fourth-order valence-electron chi connectivity index (χ4n) is 1.44. The Labute approximate surface area is 87.9 Å². The normalized spacial score (nSPS) is 15.0. The maximum atomic E-state index is 11.6. The van der Waals surface area contributed by atoms with Crippen LogP contribution >= 0.6 is 0 Å². The number of pyridine rings is 1. The molecule has 1 saturated carbocycles. The molecule has 1 fully saturated rings. The standard InChI is InChI=1S/C11H14N2O2/c1-8-3-2-6-13(11(8)15)7-10(14)12-9-4-5-9/h2-3,6,9H,4-5,7H2,1H3,(H,12,14). The maximum absolute atomic E-state index is 11.6. The Morgan fingerprint density at radius 1 is 1.60 bits per heavy atom. The first-order chi connectivity index (χ1) is 7.16. The fraction of sp³-hybridized carbons (Fsp3) is 0.455. The molecule has 0 radical (unpaired) electrons. The van der Waals surface area contributed by atoms with Gasteiger partial charge in [-0.15, -0.1) is 0 Å². The van der Waals surface area contributed by atoms with Gasteiger partial charge in [0, 0.05) is 17.8 Å². The molecule has 0 aliphatic heterocycles. The smallest absolute Gasteiger partial charge is 0.253 e. The van der Waals surface area contributed by atoms with Crippen molar-refractivity contribution in [3.8, 4) is 0 Å². The maximum Gasteiger partial charge on any atom is 0.253 e. The SMILES string of the molecule is Cc1cccn(CC(=O)NC2CC2)c1=O. The Bertz CT molecular complexity index is 432. The number of carbonyl (C=O) groups excluding carboxylic acids is 1. The molecule has 0 aromatic carbocycles. The molecule has 80 valence electrons. The second kappa shape index (κ2) is 3.88. The summed E-state index contributed by atoms with van der Waals surface area (Å²) in [5, 5.41) is 2.85. The van der Waals surface area contributed by atoms with Gasteiger partial charge in [0.15, 0.2) is 0 Å². The minimum Gasteiger partial charge on any atom is -0.352 e. The van der Waals surface area contributed by atoms with E-state index in [1.54, 1.807) is 25.3 Å². The predicted octanol–water partition coefficient (Wildman–Crippen LogP) is 0.435. The molecule has 1 heterocycles. The van der Waals surface area contributed by atoms with Crippen molar-refractivity contribution in [3.05, 3.63) is 34.2 Å². The minimum atomic E-state index is -0.0940. The minimum absolute atomic E-state index is 0.0785. The molecule has 4 nitrogen and oxygen atoms in total. The molecule has 15 heavy (non-hydrogen) atoms. The van der Waals surface area contributed by atoms with Crippen molar-refractivity contribution in [1.29, 1.82) is 0 Å². The zero-order valence-electron chi connectivity index (χ0n) is 8.69. The first-order valence-electron chi connectivity index (χ1n) is 5.12. The number of hydrogen-bond acceptors (Lipinski definition) is 2. The first-order valence-corrected chi connectivity index (χ1v) is 5.12. The summed E-state index contributed by atoms with van der Waals surface area (Å²) in [7, 11) is 0. The highest BCUT2D eigenvalue weighted by atomic mass is 16.2. The average molecular weight is 206 g/mol. The van der Waals surface area contributed by atoms with E-state index in [2.05, 4.69) is 5.32 Å². The van der Waals surface area contributed by atoms with Crippen LogP contribution in [0.25, 0.3) is 0 Å². The summed E-state index contributed by atoms with van der Waals surface area (Å²) in [6, 6.07) is 3.87. The molecule has 1 N–H and O–H groups in total. The van der Waals surface area contributed by atoms with E-state index in [-0.39, 0.29) is 18.0 Å². The molecule has 0 bridgehead atoms. The number of rotatable bonds is 3. The van der Waals surface area contributed by atoms with Crippen molar-refractivity contribution in [2.45, 2.75) is 32.4 Å². The number of hydrogen-bond donors (Lipinski definition) is 1. The Morgan fingerprint density at radius 3 is 3.00 bits per heavy atom. The number of nitrogens with one attached hydrogen (secondary N) is 1. The van der Waals surface area contributed by atoms with Gasteiger partial charge in [0.2, 0.25) is 5.91 Å². The number of amides is 1. The summed E-state index contributed by atoms with van der Waals surface area (Å²) in [6.45, 7) is 1.87. The highest BCUT2D eigenvalue weighted by molar-refractivity contribution is 5.76. The Kier molecular flexibility index (Phi) is 2.58. The van der Waals surface area contributed by atoms with Crippen LogP contribution in [-0.4, -0.2) is 16.5 Å². The molecule has 0 atom stereocenters. The summed E-state index contributed by atoms with van der Waals surface area (Å²) >= 11 is 0. The van der Waals surface area contributed by atoms with E-state index in [1.165, 1.54) is 4.57 Å². The molecule has 2 rings (SSSR count). The fourth-order valence-corrected chi connectivity index (χ4v) is 1.44. The Balaban J connectivity index is 2.06. The van der Waals surface area contributed by atoms with Gasteiger partial charge < -0.3 is 9.88 Å². The third kappa shape index (κ3) is 2.46. The van der Waals surface area contributed by atoms with Crippen LogP contribution in [-0.2, 0) is 11.3 Å². The van der Waals surface area contributed by atoms with Crippen molar-refractivity contribution < 1.29 is 4.79 Å². The number of aryl methyl sites for hydroxylation is 1. The van der Waals surface area contributed by atoms with E-state index in [4.69, 9.17) is 0 Å². The van der Waals surface area contributed by atoms with Crippen LogP contribution in [0.5, 0.6) is 0 Å². The van der Waals surface area contributed by atoms with Crippen LogP contribution < -0.4 is 10.9 Å². The van der Waals surface area contributed by atoms with Crippen molar-refractivity contribution in [3.63, 3.8) is 0 Å². The van der Waals surface area contributed by atoms with Crippen LogP contribution in [0.1, 0.15) is 18.4 Å². The van der Waals surface area contributed by atoms with Crippen LogP contribution in [0, 0.1) is 6.92 Å². The lowest BCUT2D eigenvalue weighted by Crippen LogP contribution is -2.33. The third-order valence-corrected chi connectivity index (χ3v) is 2.47.